The van der Waals surface area contributed by atoms with Gasteiger partial charge < -0.3 is 0 Å². The van der Waals surface area contributed by atoms with Crippen LogP contribution in [0, 0.1) is 25.7 Å². The molecule has 0 aromatic rings. The van der Waals surface area contributed by atoms with Crippen LogP contribution in [0.2, 0.25) is 0 Å². The number of carbonyl (C=O) groups excluding carboxylic acids is 2. The molecule has 4 radical (unpaired) electrons. The van der Waals surface area contributed by atoms with E-state index in [9.17, 15) is 35.9 Å². The SMILES string of the molecule is O=C(CC(=O)C(F)(F)F)C(F)(F)F.[Ag+].[CH]1[CH]CC[CH][CH]CC1. The molecule has 130 valence electrons. The van der Waals surface area contributed by atoms with Gasteiger partial charge in [0, 0.05) is 0 Å². The molecule has 0 atom stereocenters. The van der Waals surface area contributed by atoms with Gasteiger partial charge in [0.15, 0.2) is 0 Å². The predicted octanol–water partition coefficient (Wildman–Crippen LogP) is 4.01. The Hall–Kier alpha value is -0.340. The maximum atomic E-state index is 11.3. The second kappa shape index (κ2) is 11.2. The number of hydrogen-bond acceptors (Lipinski definition) is 2. The first-order valence-corrected chi connectivity index (χ1v) is 6.05. The minimum Gasteiger partial charge on any atom is -0.289 e. The smallest absolute Gasteiger partial charge is 0.289 e. The number of halogens is 6. The van der Waals surface area contributed by atoms with Crippen LogP contribution in [0.1, 0.15) is 32.1 Å². The second-order valence-corrected chi connectivity index (χ2v) is 4.12. The third-order valence-corrected chi connectivity index (χ3v) is 2.29. The molecule has 9 heteroatoms. The molecule has 0 aromatic heterocycles. The molecule has 0 heterocycles. The first-order chi connectivity index (χ1) is 9.55. The van der Waals surface area contributed by atoms with E-state index in [0.29, 0.717) is 0 Å². The van der Waals surface area contributed by atoms with Crippen LogP contribution in [0.25, 0.3) is 0 Å². The van der Waals surface area contributed by atoms with Crippen LogP contribution >= 0.6 is 0 Å². The second-order valence-electron chi connectivity index (χ2n) is 4.12. The molecule has 0 unspecified atom stereocenters. The van der Waals surface area contributed by atoms with Gasteiger partial charge in [-0.15, -0.1) is 0 Å². The maximum Gasteiger partial charge on any atom is 1.00 e. The van der Waals surface area contributed by atoms with E-state index in [1.54, 1.807) is 0 Å². The summed E-state index contributed by atoms with van der Waals surface area (Å²) in [5.41, 5.74) is 0. The zero-order valence-electron chi connectivity index (χ0n) is 11.2. The van der Waals surface area contributed by atoms with E-state index in [2.05, 4.69) is 25.7 Å². The zero-order chi connectivity index (χ0) is 16.5. The van der Waals surface area contributed by atoms with Crippen LogP contribution in [0.3, 0.4) is 0 Å². The summed E-state index contributed by atoms with van der Waals surface area (Å²) in [4.78, 5) is 19.8. The van der Waals surface area contributed by atoms with Crippen LogP contribution in [0.15, 0.2) is 0 Å². The van der Waals surface area contributed by atoms with Gasteiger partial charge in [0.1, 0.15) is 0 Å². The largest absolute Gasteiger partial charge is 1.00 e. The molecule has 0 N–H and O–H groups in total. The number of ketones is 2. The van der Waals surface area contributed by atoms with E-state index in [-0.39, 0.29) is 22.4 Å². The van der Waals surface area contributed by atoms with Crippen LogP contribution in [-0.2, 0) is 32.0 Å². The molecular formula is C13H14AgF6O2+. The molecule has 1 aliphatic carbocycles. The first kappa shape index (κ1) is 23.9. The van der Waals surface area contributed by atoms with Gasteiger partial charge in [-0.2, -0.15) is 26.3 Å². The van der Waals surface area contributed by atoms with Gasteiger partial charge in [-0.3, -0.25) is 9.59 Å². The fourth-order valence-corrected chi connectivity index (χ4v) is 1.20. The van der Waals surface area contributed by atoms with Crippen LogP contribution < -0.4 is 0 Å². The summed E-state index contributed by atoms with van der Waals surface area (Å²) in [6, 6.07) is 0. The van der Waals surface area contributed by atoms with Crippen molar-refractivity contribution in [2.75, 3.05) is 0 Å². The van der Waals surface area contributed by atoms with Crippen LogP contribution in [-0.4, -0.2) is 23.9 Å². The molecule has 2 nitrogen and oxygen atoms in total. The maximum absolute atomic E-state index is 11.3. The molecular weight excluding hydrogens is 410 g/mol. The number of carbonyl (C=O) groups is 2. The Morgan fingerprint density at radius 2 is 0.909 bits per heavy atom. The molecule has 0 spiro atoms. The molecule has 0 bridgehead atoms. The monoisotopic (exact) mass is 423 g/mol. The van der Waals surface area contributed by atoms with Crippen molar-refractivity contribution < 1.29 is 58.3 Å². The minimum atomic E-state index is -5.40. The van der Waals surface area contributed by atoms with Crippen LogP contribution in [0.4, 0.5) is 26.3 Å². The van der Waals surface area contributed by atoms with Crippen molar-refractivity contribution in [1.29, 1.82) is 0 Å². The van der Waals surface area contributed by atoms with Gasteiger partial charge >= 0.3 is 34.7 Å². The summed E-state index contributed by atoms with van der Waals surface area (Å²) in [5.74, 6) is -5.40. The van der Waals surface area contributed by atoms with Crippen molar-refractivity contribution >= 4 is 11.6 Å². The number of rotatable bonds is 2. The van der Waals surface area contributed by atoms with E-state index >= 15 is 0 Å². The van der Waals surface area contributed by atoms with Gasteiger partial charge in [-0.25, -0.2) is 0 Å². The zero-order valence-corrected chi connectivity index (χ0v) is 12.7. The topological polar surface area (TPSA) is 34.1 Å². The number of alkyl halides is 6. The third kappa shape index (κ3) is 12.2. The van der Waals surface area contributed by atoms with E-state index in [1.165, 1.54) is 25.7 Å². The first-order valence-electron chi connectivity index (χ1n) is 6.05. The van der Waals surface area contributed by atoms with Gasteiger partial charge in [0.05, 0.1) is 6.42 Å². The fraction of sp³-hybridized carbons (Fsp3) is 0.538. The van der Waals surface area contributed by atoms with Crippen molar-refractivity contribution in [3.63, 3.8) is 0 Å². The molecule has 0 aromatic carbocycles. The summed E-state index contributed by atoms with van der Waals surface area (Å²) in [5, 5.41) is 0. The Kier molecular flexibility index (Phi) is 12.2. The Bertz CT molecular complexity index is 290. The fourth-order valence-electron chi connectivity index (χ4n) is 1.20. The Morgan fingerprint density at radius 3 is 1.09 bits per heavy atom. The van der Waals surface area contributed by atoms with E-state index in [1.807, 2.05) is 0 Å². The Labute approximate surface area is 140 Å². The number of Topliss-reactive ketones (excluding diaryl/α,β-unsaturated/α-hetero) is 2. The third-order valence-electron chi connectivity index (χ3n) is 2.29. The summed E-state index contributed by atoms with van der Waals surface area (Å²) >= 11 is 0. The van der Waals surface area contributed by atoms with E-state index < -0.39 is 30.3 Å². The van der Waals surface area contributed by atoms with E-state index in [4.69, 9.17) is 0 Å². The van der Waals surface area contributed by atoms with Gasteiger partial charge in [-0.05, 0) is 51.4 Å². The van der Waals surface area contributed by atoms with Gasteiger partial charge in [-0.1, -0.05) is 0 Å². The summed E-state index contributed by atoms with van der Waals surface area (Å²) < 4.78 is 68.0. The minimum absolute atomic E-state index is 0. The summed E-state index contributed by atoms with van der Waals surface area (Å²) in [6.07, 6.45) is 1.01. The van der Waals surface area contributed by atoms with Gasteiger partial charge in [0.25, 0.3) is 0 Å². The predicted molar refractivity (Wildman–Crippen MR) is 62.4 cm³/mol. The average Bonchev–Trinajstić information content (AvgIpc) is 2.25. The molecule has 1 fully saturated rings. The van der Waals surface area contributed by atoms with E-state index in [0.717, 1.165) is 0 Å². The molecule has 1 aliphatic rings. The summed E-state index contributed by atoms with van der Waals surface area (Å²) in [7, 11) is 0. The quantitative estimate of drug-likeness (QED) is 0.382. The molecule has 0 saturated heterocycles. The average molecular weight is 424 g/mol. The molecule has 0 aliphatic heterocycles. The Morgan fingerprint density at radius 1 is 0.682 bits per heavy atom. The molecule has 1 saturated carbocycles. The molecule has 0 amide bonds. The van der Waals surface area contributed by atoms with Crippen molar-refractivity contribution in [3.8, 4) is 0 Å². The summed E-state index contributed by atoms with van der Waals surface area (Å²) in [6.45, 7) is 0. The van der Waals surface area contributed by atoms with Crippen molar-refractivity contribution in [1.82, 2.24) is 0 Å². The van der Waals surface area contributed by atoms with Crippen molar-refractivity contribution in [3.05, 3.63) is 25.7 Å². The molecule has 22 heavy (non-hydrogen) atoms. The van der Waals surface area contributed by atoms with Crippen molar-refractivity contribution in [2.45, 2.75) is 44.5 Å². The van der Waals surface area contributed by atoms with Gasteiger partial charge in [0.2, 0.25) is 11.6 Å². The normalized spacial score (nSPS) is 16.3. The standard InChI is InChI=1S/C8H12.C5H2F6O2.Ag/c1-2-4-6-8-7-5-3-1;6-4(7,8)2(12)1-3(13)5(9,10)11;/h1-2,7-8H,3-6H2;1H2;/q;;+1. The molecule has 1 rings (SSSR count). The van der Waals surface area contributed by atoms with Crippen molar-refractivity contribution in [2.24, 2.45) is 0 Å². The van der Waals surface area contributed by atoms with Crippen LogP contribution in [0.5, 0.6) is 0 Å². The number of hydrogen-bond donors (Lipinski definition) is 0. The Balaban J connectivity index is 0.